The first-order valence-electron chi connectivity index (χ1n) is 6.90. The van der Waals surface area contributed by atoms with Gasteiger partial charge in [-0.05, 0) is 51.2 Å². The molecule has 1 aromatic heterocycles. The number of hydrogen-bond acceptors (Lipinski definition) is 3. The molecule has 0 aliphatic heterocycles. The molecule has 0 spiro atoms. The third-order valence-corrected chi connectivity index (χ3v) is 4.53. The van der Waals surface area contributed by atoms with Gasteiger partial charge in [0.05, 0.1) is 0 Å². The number of aliphatic hydroxyl groups excluding tert-OH is 1. The van der Waals surface area contributed by atoms with Gasteiger partial charge in [0, 0.05) is 28.8 Å². The highest BCUT2D eigenvalue weighted by Gasteiger charge is 2.13. The van der Waals surface area contributed by atoms with E-state index in [1.54, 1.807) is 0 Å². The number of carbonyl (C=O) groups is 1. The molecule has 0 aromatic carbocycles. The first kappa shape index (κ1) is 16.2. The van der Waals surface area contributed by atoms with Crippen molar-refractivity contribution in [3.05, 3.63) is 21.4 Å². The number of aryl methyl sites for hydroxylation is 3. The van der Waals surface area contributed by atoms with Crippen molar-refractivity contribution in [3.63, 3.8) is 0 Å². The van der Waals surface area contributed by atoms with E-state index < -0.39 is 0 Å². The molecule has 0 aliphatic carbocycles. The largest absolute Gasteiger partial charge is 0.396 e. The van der Waals surface area contributed by atoms with Crippen molar-refractivity contribution in [1.82, 2.24) is 5.32 Å². The Balaban J connectivity index is 2.29. The Bertz CT molecular complexity index is 414. The summed E-state index contributed by atoms with van der Waals surface area (Å²) in [6.07, 6.45) is 2.40. The fourth-order valence-corrected chi connectivity index (χ4v) is 2.97. The Kier molecular flexibility index (Phi) is 6.52. The molecule has 3 nitrogen and oxygen atoms in total. The molecule has 0 radical (unpaired) electrons. The highest BCUT2D eigenvalue weighted by atomic mass is 32.1. The molecule has 0 saturated carbocycles. The second-order valence-corrected chi connectivity index (χ2v) is 6.77. The molecule has 0 fully saturated rings. The minimum atomic E-state index is 0.0302. The number of nitrogens with one attached hydrogen (secondary N) is 1. The summed E-state index contributed by atoms with van der Waals surface area (Å²) in [4.78, 5) is 14.5. The fraction of sp³-hybridized carbons (Fsp3) is 0.667. The minimum absolute atomic E-state index is 0.0302. The smallest absolute Gasteiger partial charge is 0.220 e. The zero-order chi connectivity index (χ0) is 14.4. The Hall–Kier alpha value is -0.870. The number of thiophene rings is 1. The van der Waals surface area contributed by atoms with Gasteiger partial charge in [-0.3, -0.25) is 4.79 Å². The summed E-state index contributed by atoms with van der Waals surface area (Å²) in [7, 11) is 0. The summed E-state index contributed by atoms with van der Waals surface area (Å²) < 4.78 is 0. The zero-order valence-electron chi connectivity index (χ0n) is 12.3. The lowest BCUT2D eigenvalue weighted by Gasteiger charge is -2.19. The van der Waals surface area contributed by atoms with E-state index in [9.17, 15) is 4.79 Å². The molecule has 1 heterocycles. The number of hydrogen-bond donors (Lipinski definition) is 2. The Morgan fingerprint density at radius 2 is 2.11 bits per heavy atom. The van der Waals surface area contributed by atoms with Crippen LogP contribution in [-0.4, -0.2) is 23.7 Å². The summed E-state index contributed by atoms with van der Waals surface area (Å²) in [6.45, 7) is 8.23. The molecule has 19 heavy (non-hydrogen) atoms. The number of aliphatic hydroxyl groups is 1. The maximum atomic E-state index is 11.8. The van der Waals surface area contributed by atoms with Crippen molar-refractivity contribution in [3.8, 4) is 0 Å². The molecule has 2 atom stereocenters. The first-order valence-corrected chi connectivity index (χ1v) is 7.71. The molecule has 4 heteroatoms. The van der Waals surface area contributed by atoms with Crippen LogP contribution in [-0.2, 0) is 11.2 Å². The van der Waals surface area contributed by atoms with Crippen molar-refractivity contribution in [2.45, 2.75) is 53.0 Å². The predicted octanol–water partition coefficient (Wildman–Crippen LogP) is 2.82. The van der Waals surface area contributed by atoms with Gasteiger partial charge in [0.2, 0.25) is 5.91 Å². The van der Waals surface area contributed by atoms with E-state index in [1.807, 2.05) is 25.2 Å². The van der Waals surface area contributed by atoms with E-state index in [0.29, 0.717) is 6.42 Å². The minimum Gasteiger partial charge on any atom is -0.396 e. The van der Waals surface area contributed by atoms with Crippen molar-refractivity contribution in [1.29, 1.82) is 0 Å². The fourth-order valence-electron chi connectivity index (χ4n) is 2.00. The number of amides is 1. The normalized spacial score (nSPS) is 14.2. The van der Waals surface area contributed by atoms with E-state index in [-0.39, 0.29) is 24.5 Å². The standard InChI is InChI=1S/C15H25NO2S/c1-10(9-17)12(3)16-15(18)7-5-6-14-8-11(2)19-13(14)4/h8,10,12,17H,5-7,9H2,1-4H3,(H,16,18). The molecule has 1 rings (SSSR count). The molecule has 0 aliphatic rings. The van der Waals surface area contributed by atoms with E-state index in [0.717, 1.165) is 12.8 Å². The third kappa shape index (κ3) is 5.33. The van der Waals surface area contributed by atoms with E-state index in [4.69, 9.17) is 5.11 Å². The number of rotatable bonds is 7. The predicted molar refractivity (Wildman–Crippen MR) is 80.6 cm³/mol. The lowest BCUT2D eigenvalue weighted by Crippen LogP contribution is -2.38. The highest BCUT2D eigenvalue weighted by Crippen LogP contribution is 2.22. The van der Waals surface area contributed by atoms with Gasteiger partial charge < -0.3 is 10.4 Å². The van der Waals surface area contributed by atoms with Gasteiger partial charge in [0.15, 0.2) is 0 Å². The van der Waals surface area contributed by atoms with Crippen LogP contribution >= 0.6 is 11.3 Å². The SMILES string of the molecule is Cc1cc(CCCC(=O)NC(C)C(C)CO)c(C)s1. The lowest BCUT2D eigenvalue weighted by molar-refractivity contribution is -0.122. The molecule has 0 bridgehead atoms. The molecule has 2 N–H and O–H groups in total. The molecular formula is C15H25NO2S. The van der Waals surface area contributed by atoms with E-state index >= 15 is 0 Å². The maximum absolute atomic E-state index is 11.8. The van der Waals surface area contributed by atoms with Gasteiger partial charge in [-0.25, -0.2) is 0 Å². The molecule has 108 valence electrons. The second kappa shape index (κ2) is 7.65. The van der Waals surface area contributed by atoms with Gasteiger partial charge >= 0.3 is 0 Å². The van der Waals surface area contributed by atoms with Gasteiger partial charge in [-0.15, -0.1) is 11.3 Å². The third-order valence-electron chi connectivity index (χ3n) is 3.52. The molecule has 2 unspecified atom stereocenters. The Morgan fingerprint density at radius 1 is 1.42 bits per heavy atom. The summed E-state index contributed by atoms with van der Waals surface area (Å²) in [5.74, 6) is 0.183. The molecule has 1 amide bonds. The lowest BCUT2D eigenvalue weighted by atomic mass is 10.0. The first-order chi connectivity index (χ1) is 8.93. The van der Waals surface area contributed by atoms with Crippen LogP contribution < -0.4 is 5.32 Å². The van der Waals surface area contributed by atoms with Crippen LogP contribution in [0.25, 0.3) is 0 Å². The summed E-state index contributed by atoms with van der Waals surface area (Å²) >= 11 is 1.82. The van der Waals surface area contributed by atoms with Crippen molar-refractivity contribution < 1.29 is 9.90 Å². The molecule has 0 saturated heterocycles. The van der Waals surface area contributed by atoms with Crippen LogP contribution in [0.2, 0.25) is 0 Å². The Morgan fingerprint density at radius 3 is 2.63 bits per heavy atom. The van der Waals surface area contributed by atoms with Gasteiger partial charge in [0.1, 0.15) is 0 Å². The van der Waals surface area contributed by atoms with Crippen molar-refractivity contribution in [2.75, 3.05) is 6.61 Å². The average molecular weight is 283 g/mol. The maximum Gasteiger partial charge on any atom is 0.220 e. The van der Waals surface area contributed by atoms with Crippen LogP contribution in [0, 0.1) is 19.8 Å². The molecular weight excluding hydrogens is 258 g/mol. The van der Waals surface area contributed by atoms with Crippen molar-refractivity contribution in [2.24, 2.45) is 5.92 Å². The van der Waals surface area contributed by atoms with Gasteiger partial charge in [-0.1, -0.05) is 6.92 Å². The summed E-state index contributed by atoms with van der Waals surface area (Å²) in [5, 5.41) is 12.0. The van der Waals surface area contributed by atoms with Crippen LogP contribution in [0.15, 0.2) is 6.07 Å². The van der Waals surface area contributed by atoms with Gasteiger partial charge in [-0.2, -0.15) is 0 Å². The monoisotopic (exact) mass is 283 g/mol. The quantitative estimate of drug-likeness (QED) is 0.808. The van der Waals surface area contributed by atoms with E-state index in [2.05, 4.69) is 25.2 Å². The van der Waals surface area contributed by atoms with Crippen LogP contribution in [0.3, 0.4) is 0 Å². The van der Waals surface area contributed by atoms with Crippen LogP contribution in [0.4, 0.5) is 0 Å². The van der Waals surface area contributed by atoms with Crippen LogP contribution in [0.1, 0.15) is 42.0 Å². The summed E-state index contributed by atoms with van der Waals surface area (Å²) in [6, 6.07) is 2.25. The van der Waals surface area contributed by atoms with Crippen molar-refractivity contribution >= 4 is 17.2 Å². The highest BCUT2D eigenvalue weighted by molar-refractivity contribution is 7.12. The zero-order valence-corrected chi connectivity index (χ0v) is 13.1. The van der Waals surface area contributed by atoms with E-state index in [1.165, 1.54) is 15.3 Å². The Labute approximate surface area is 120 Å². The number of carbonyl (C=O) groups excluding carboxylic acids is 1. The molecule has 1 aromatic rings. The van der Waals surface area contributed by atoms with Crippen LogP contribution in [0.5, 0.6) is 0 Å². The average Bonchev–Trinajstić information content (AvgIpc) is 2.66. The topological polar surface area (TPSA) is 49.3 Å². The summed E-state index contributed by atoms with van der Waals surface area (Å²) in [5.41, 5.74) is 1.37. The second-order valence-electron chi connectivity index (χ2n) is 5.31. The van der Waals surface area contributed by atoms with Gasteiger partial charge in [0.25, 0.3) is 0 Å².